The van der Waals surface area contributed by atoms with Crippen molar-refractivity contribution in [1.82, 2.24) is 0 Å². The van der Waals surface area contributed by atoms with Crippen LogP contribution in [0.4, 0.5) is 0 Å². The first-order valence-corrected chi connectivity index (χ1v) is 8.61. The average Bonchev–Trinajstić information content (AvgIpc) is 2.91. The Morgan fingerprint density at radius 2 is 2.04 bits per heavy atom. The van der Waals surface area contributed by atoms with Gasteiger partial charge in [0.15, 0.2) is 0 Å². The van der Waals surface area contributed by atoms with Crippen molar-refractivity contribution in [2.75, 3.05) is 14.2 Å². The third kappa shape index (κ3) is 3.23. The Hall–Kier alpha value is -1.54. The van der Waals surface area contributed by atoms with Crippen LogP contribution >= 0.6 is 0 Å². The van der Waals surface area contributed by atoms with Crippen LogP contribution in [0.15, 0.2) is 47.1 Å². The van der Waals surface area contributed by atoms with Crippen LogP contribution in [0.3, 0.4) is 0 Å². The van der Waals surface area contributed by atoms with Gasteiger partial charge in [0.25, 0.3) is 0 Å². The van der Waals surface area contributed by atoms with Gasteiger partial charge in [0, 0.05) is 7.11 Å². The Labute approximate surface area is 140 Å². The van der Waals surface area contributed by atoms with E-state index in [0.29, 0.717) is 11.5 Å². The average molecular weight is 312 g/mol. The minimum absolute atomic E-state index is 0.309. The largest absolute Gasteiger partial charge is 0.497 e. The number of rotatable bonds is 5. The minimum atomic E-state index is 0.309. The van der Waals surface area contributed by atoms with E-state index in [2.05, 4.69) is 38.1 Å². The molecule has 0 radical (unpaired) electrons. The summed E-state index contributed by atoms with van der Waals surface area (Å²) < 4.78 is 11.0. The Morgan fingerprint density at radius 1 is 1.22 bits per heavy atom. The summed E-state index contributed by atoms with van der Waals surface area (Å²) in [6, 6.07) is 8.44. The Balaban J connectivity index is 1.81. The van der Waals surface area contributed by atoms with Gasteiger partial charge in [0.1, 0.15) is 5.75 Å². The van der Waals surface area contributed by atoms with Gasteiger partial charge in [0.2, 0.25) is 0 Å². The summed E-state index contributed by atoms with van der Waals surface area (Å²) in [5.74, 6) is 0.946. The van der Waals surface area contributed by atoms with Crippen molar-refractivity contribution in [2.45, 2.75) is 52.1 Å². The van der Waals surface area contributed by atoms with Gasteiger partial charge in [-0.25, -0.2) is 0 Å². The molecule has 2 atom stereocenters. The zero-order valence-corrected chi connectivity index (χ0v) is 14.8. The monoisotopic (exact) mass is 312 g/mol. The first kappa shape index (κ1) is 16.3. The third-order valence-corrected chi connectivity index (χ3v) is 5.67. The fourth-order valence-electron chi connectivity index (χ4n) is 4.22. The predicted molar refractivity (Wildman–Crippen MR) is 94.9 cm³/mol. The summed E-state index contributed by atoms with van der Waals surface area (Å²) in [6.45, 7) is 4.68. The number of fused-ring (bicyclic) bond motifs is 1. The van der Waals surface area contributed by atoms with E-state index < -0.39 is 0 Å². The van der Waals surface area contributed by atoms with Gasteiger partial charge in [-0.1, -0.05) is 36.3 Å². The fraction of sp³-hybridized carbons (Fsp3) is 0.524. The van der Waals surface area contributed by atoms with E-state index in [0.717, 1.165) is 37.9 Å². The zero-order valence-electron chi connectivity index (χ0n) is 14.8. The second-order valence-electron chi connectivity index (χ2n) is 7.23. The molecule has 0 aliphatic heterocycles. The van der Waals surface area contributed by atoms with Gasteiger partial charge in [-0.15, -0.1) is 0 Å². The molecular formula is C21H28O2. The van der Waals surface area contributed by atoms with Crippen molar-refractivity contribution >= 4 is 0 Å². The summed E-state index contributed by atoms with van der Waals surface area (Å²) in [5, 5.41) is 0. The maximum absolute atomic E-state index is 5.67. The molecule has 1 aromatic rings. The number of allylic oxidation sites excluding steroid dienone is 3. The van der Waals surface area contributed by atoms with E-state index in [4.69, 9.17) is 9.47 Å². The van der Waals surface area contributed by atoms with Crippen molar-refractivity contribution < 1.29 is 9.47 Å². The van der Waals surface area contributed by atoms with E-state index in [1.165, 1.54) is 11.1 Å². The van der Waals surface area contributed by atoms with Crippen LogP contribution in [0, 0.1) is 5.41 Å². The van der Waals surface area contributed by atoms with Crippen LogP contribution in [0.2, 0.25) is 0 Å². The van der Waals surface area contributed by atoms with Crippen molar-refractivity contribution in [3.63, 3.8) is 0 Å². The van der Waals surface area contributed by atoms with Crippen LogP contribution in [-0.4, -0.2) is 20.3 Å². The van der Waals surface area contributed by atoms with Crippen molar-refractivity contribution in [1.29, 1.82) is 0 Å². The molecular weight excluding hydrogens is 284 g/mol. The molecule has 0 saturated heterocycles. The molecule has 0 bridgehead atoms. The third-order valence-electron chi connectivity index (χ3n) is 5.67. The SMILES string of the molecule is COc1cccc(CCC2=C3C[C@H](OC)C[C@]3(C)CC=C2C)c1. The molecule has 1 fully saturated rings. The minimum Gasteiger partial charge on any atom is -0.497 e. The summed E-state index contributed by atoms with van der Waals surface area (Å²) in [4.78, 5) is 0. The van der Waals surface area contributed by atoms with E-state index in [1.54, 1.807) is 18.3 Å². The normalized spacial score (nSPS) is 27.0. The molecule has 124 valence electrons. The molecule has 0 spiro atoms. The van der Waals surface area contributed by atoms with E-state index in [-0.39, 0.29) is 0 Å². The van der Waals surface area contributed by atoms with E-state index >= 15 is 0 Å². The number of hydrogen-bond donors (Lipinski definition) is 0. The fourth-order valence-corrected chi connectivity index (χ4v) is 4.22. The number of aryl methyl sites for hydroxylation is 1. The van der Waals surface area contributed by atoms with Gasteiger partial charge in [0.05, 0.1) is 13.2 Å². The van der Waals surface area contributed by atoms with Crippen molar-refractivity contribution in [2.24, 2.45) is 5.41 Å². The van der Waals surface area contributed by atoms with Gasteiger partial charge in [-0.2, -0.15) is 0 Å². The summed E-state index contributed by atoms with van der Waals surface area (Å²) in [7, 11) is 3.58. The summed E-state index contributed by atoms with van der Waals surface area (Å²) >= 11 is 0. The number of methoxy groups -OCH3 is 2. The summed E-state index contributed by atoms with van der Waals surface area (Å²) in [6.07, 6.45) is 8.42. The van der Waals surface area contributed by atoms with Crippen LogP contribution in [-0.2, 0) is 11.2 Å². The lowest BCUT2D eigenvalue weighted by atomic mass is 9.73. The Kier molecular flexibility index (Phi) is 4.63. The molecule has 2 aliphatic rings. The lowest BCUT2D eigenvalue weighted by Gasteiger charge is -2.32. The molecule has 2 aliphatic carbocycles. The number of hydrogen-bond acceptors (Lipinski definition) is 2. The van der Waals surface area contributed by atoms with Gasteiger partial charge in [-0.05, 0) is 67.7 Å². The molecule has 0 unspecified atom stereocenters. The molecule has 3 rings (SSSR count). The van der Waals surface area contributed by atoms with Crippen molar-refractivity contribution in [3.05, 3.63) is 52.6 Å². The van der Waals surface area contributed by atoms with Crippen LogP contribution < -0.4 is 4.74 Å². The van der Waals surface area contributed by atoms with Crippen LogP contribution in [0.5, 0.6) is 5.75 Å². The van der Waals surface area contributed by atoms with E-state index in [9.17, 15) is 0 Å². The molecule has 0 amide bonds. The number of ether oxygens (including phenoxy) is 2. The lowest BCUT2D eigenvalue weighted by molar-refractivity contribution is 0.0977. The molecule has 0 heterocycles. The second-order valence-corrected chi connectivity index (χ2v) is 7.23. The molecule has 2 nitrogen and oxygen atoms in total. The van der Waals surface area contributed by atoms with E-state index in [1.807, 2.05) is 13.2 Å². The highest BCUT2D eigenvalue weighted by atomic mass is 16.5. The molecule has 1 aromatic carbocycles. The smallest absolute Gasteiger partial charge is 0.119 e. The highest BCUT2D eigenvalue weighted by Gasteiger charge is 2.42. The van der Waals surface area contributed by atoms with Crippen LogP contribution in [0.25, 0.3) is 0 Å². The quantitative estimate of drug-likeness (QED) is 0.754. The van der Waals surface area contributed by atoms with Gasteiger partial charge >= 0.3 is 0 Å². The second kappa shape index (κ2) is 6.52. The highest BCUT2D eigenvalue weighted by Crippen LogP contribution is 2.52. The molecule has 23 heavy (non-hydrogen) atoms. The maximum atomic E-state index is 5.67. The Morgan fingerprint density at radius 3 is 2.78 bits per heavy atom. The first-order chi connectivity index (χ1) is 11.1. The first-order valence-electron chi connectivity index (χ1n) is 8.61. The number of benzene rings is 1. The zero-order chi connectivity index (χ0) is 16.4. The topological polar surface area (TPSA) is 18.5 Å². The lowest BCUT2D eigenvalue weighted by Crippen LogP contribution is -2.19. The summed E-state index contributed by atoms with van der Waals surface area (Å²) in [5.41, 5.74) is 6.34. The van der Waals surface area contributed by atoms with Gasteiger partial charge < -0.3 is 9.47 Å². The predicted octanol–water partition coefficient (Wildman–Crippen LogP) is 5.09. The molecule has 0 N–H and O–H groups in total. The molecule has 1 saturated carbocycles. The van der Waals surface area contributed by atoms with Crippen molar-refractivity contribution in [3.8, 4) is 5.75 Å². The van der Waals surface area contributed by atoms with Gasteiger partial charge in [-0.3, -0.25) is 0 Å². The Bertz CT molecular complexity index is 641. The maximum Gasteiger partial charge on any atom is 0.119 e. The van der Waals surface area contributed by atoms with Crippen LogP contribution in [0.1, 0.15) is 45.1 Å². The standard InChI is InChI=1S/C21H28O2/c1-15-10-11-21(2)14-18(23-4)13-20(21)19(15)9-8-16-6-5-7-17(12-16)22-3/h5-7,10,12,18H,8-9,11,13-14H2,1-4H3/t18-,21-/m0/s1. The molecule has 2 heteroatoms. The highest BCUT2D eigenvalue weighted by molar-refractivity contribution is 5.44. The molecule has 0 aromatic heterocycles.